The van der Waals surface area contributed by atoms with Crippen molar-refractivity contribution < 1.29 is 23.8 Å². The Morgan fingerprint density at radius 1 is 1.13 bits per heavy atom. The summed E-state index contributed by atoms with van der Waals surface area (Å²) in [4.78, 5) is 30.6. The molecule has 0 unspecified atom stereocenters. The van der Waals surface area contributed by atoms with Gasteiger partial charge < -0.3 is 24.8 Å². The minimum atomic E-state index is -0.610. The first-order valence-electron chi connectivity index (χ1n) is 16.2. The van der Waals surface area contributed by atoms with E-state index >= 15 is 4.39 Å². The third-order valence-electron chi connectivity index (χ3n) is 9.73. The van der Waals surface area contributed by atoms with Gasteiger partial charge in [-0.15, -0.1) is 0 Å². The fraction of sp³-hybridized carbons (Fsp3) is 0.486. The lowest BCUT2D eigenvalue weighted by Gasteiger charge is -2.41. The summed E-state index contributed by atoms with van der Waals surface area (Å²) in [7, 11) is 1.75. The zero-order valence-electron chi connectivity index (χ0n) is 26.8. The SMILES string of the molecule is CN(C(=O)OC(C)(C)C)[C@H]1C[C@@H](Nc2nc(OCC34CCCN3CCC4)nc3c(F)c(-c4cc(O)cc5ccccc45)ncc23)C1. The first-order chi connectivity index (χ1) is 22.0. The molecule has 2 aromatic carbocycles. The van der Waals surface area contributed by atoms with Crippen LogP contribution in [0.1, 0.15) is 59.3 Å². The molecule has 11 heteroatoms. The Morgan fingerprint density at radius 3 is 2.61 bits per heavy atom. The molecular formula is C35H41FN6O4. The van der Waals surface area contributed by atoms with Crippen LogP contribution in [0, 0.1) is 5.82 Å². The third kappa shape index (κ3) is 5.65. The monoisotopic (exact) mass is 628 g/mol. The van der Waals surface area contributed by atoms with E-state index in [2.05, 4.69) is 20.2 Å². The van der Waals surface area contributed by atoms with E-state index < -0.39 is 11.4 Å². The van der Waals surface area contributed by atoms with Crippen LogP contribution in [0.5, 0.6) is 11.8 Å². The van der Waals surface area contributed by atoms with Crippen molar-refractivity contribution in [2.24, 2.45) is 0 Å². The Hall–Kier alpha value is -4.25. The number of aromatic nitrogens is 3. The fourth-order valence-corrected chi connectivity index (χ4v) is 7.25. The normalized spacial score (nSPS) is 20.8. The highest BCUT2D eigenvalue weighted by Gasteiger charge is 2.45. The number of nitrogens with zero attached hydrogens (tertiary/aromatic N) is 5. The van der Waals surface area contributed by atoms with Crippen molar-refractivity contribution in [2.75, 3.05) is 32.1 Å². The van der Waals surface area contributed by atoms with Crippen molar-refractivity contribution >= 4 is 33.6 Å². The molecule has 2 aromatic heterocycles. The van der Waals surface area contributed by atoms with Crippen molar-refractivity contribution in [3.63, 3.8) is 0 Å². The second-order valence-corrected chi connectivity index (χ2v) is 14.0. The molecule has 10 nitrogen and oxygen atoms in total. The Labute approximate surface area is 267 Å². The van der Waals surface area contributed by atoms with Gasteiger partial charge in [-0.1, -0.05) is 24.3 Å². The number of phenols is 1. The Kier molecular flexibility index (Phi) is 7.62. The van der Waals surface area contributed by atoms with Gasteiger partial charge in [0.05, 0.1) is 10.9 Å². The molecule has 7 rings (SSSR count). The fourth-order valence-electron chi connectivity index (χ4n) is 7.25. The standard InChI is InChI=1S/C35H41FN6O4/c1-34(2,3)46-33(44)41(4)23-16-22(17-23)38-31-27-19-37-29(26-18-24(43)15-21-9-5-6-10-25(21)26)28(36)30(27)39-32(40-31)45-20-35-11-7-13-42(35)14-8-12-35/h5-6,9-10,15,18-19,22-23,43H,7-8,11-14,16-17,20H2,1-4H3,(H,38,39,40)/t22-,23+. The van der Waals surface area contributed by atoms with Crippen LogP contribution in [0.15, 0.2) is 42.6 Å². The highest BCUT2D eigenvalue weighted by atomic mass is 19.1. The molecule has 1 aliphatic carbocycles. The predicted molar refractivity (Wildman–Crippen MR) is 175 cm³/mol. The molecular weight excluding hydrogens is 587 g/mol. The van der Waals surface area contributed by atoms with Crippen LogP contribution in [-0.4, -0.2) is 85.9 Å². The van der Waals surface area contributed by atoms with Crippen molar-refractivity contribution in [3.05, 3.63) is 48.4 Å². The Balaban J connectivity index is 1.21. The molecule has 0 radical (unpaired) electrons. The summed E-state index contributed by atoms with van der Waals surface area (Å²) < 4.78 is 28.4. The number of nitrogens with one attached hydrogen (secondary N) is 1. The summed E-state index contributed by atoms with van der Waals surface area (Å²) in [6, 6.07) is 10.8. The molecule has 1 saturated carbocycles. The molecule has 4 aromatic rings. The highest BCUT2D eigenvalue weighted by molar-refractivity contribution is 5.99. The molecule has 46 heavy (non-hydrogen) atoms. The first kappa shape index (κ1) is 30.4. The number of carbonyl (C=O) groups is 1. The average molecular weight is 629 g/mol. The number of aromatic hydroxyl groups is 1. The minimum absolute atomic E-state index is 0.00246. The van der Waals surface area contributed by atoms with Gasteiger partial charge in [0.25, 0.3) is 0 Å². The molecule has 3 aliphatic rings. The maximum absolute atomic E-state index is 16.6. The number of pyridine rings is 1. The van der Waals surface area contributed by atoms with Gasteiger partial charge in [-0.3, -0.25) is 9.88 Å². The number of rotatable bonds is 7. The second kappa shape index (κ2) is 11.5. The predicted octanol–water partition coefficient (Wildman–Crippen LogP) is 6.51. The van der Waals surface area contributed by atoms with Crippen molar-refractivity contribution in [1.29, 1.82) is 0 Å². The third-order valence-corrected chi connectivity index (χ3v) is 9.73. The number of fused-ring (bicyclic) bond motifs is 3. The van der Waals surface area contributed by atoms with E-state index in [-0.39, 0.29) is 46.7 Å². The zero-order chi connectivity index (χ0) is 32.2. The van der Waals surface area contributed by atoms with Gasteiger partial charge in [0.2, 0.25) is 0 Å². The van der Waals surface area contributed by atoms with Gasteiger partial charge >= 0.3 is 12.1 Å². The Bertz CT molecular complexity index is 1790. The quantitative estimate of drug-likeness (QED) is 0.237. The molecule has 0 bridgehead atoms. The molecule has 0 spiro atoms. The van der Waals surface area contributed by atoms with Crippen LogP contribution in [0.2, 0.25) is 0 Å². The highest BCUT2D eigenvalue weighted by Crippen LogP contribution is 2.40. The molecule has 4 heterocycles. The summed E-state index contributed by atoms with van der Waals surface area (Å²) in [5.74, 6) is -0.146. The number of hydrogen-bond acceptors (Lipinski definition) is 9. The van der Waals surface area contributed by atoms with Crippen LogP contribution >= 0.6 is 0 Å². The summed E-state index contributed by atoms with van der Waals surface area (Å²) in [6.45, 7) is 8.13. The topological polar surface area (TPSA) is 113 Å². The van der Waals surface area contributed by atoms with E-state index in [9.17, 15) is 9.90 Å². The van der Waals surface area contributed by atoms with Gasteiger partial charge in [-0.25, -0.2) is 9.18 Å². The molecule has 1 amide bonds. The maximum Gasteiger partial charge on any atom is 0.410 e. The summed E-state index contributed by atoms with van der Waals surface area (Å²) in [5, 5.41) is 15.9. The molecule has 242 valence electrons. The smallest absolute Gasteiger partial charge is 0.410 e. The second-order valence-electron chi connectivity index (χ2n) is 14.0. The van der Waals surface area contributed by atoms with E-state index in [1.165, 1.54) is 6.07 Å². The van der Waals surface area contributed by atoms with Gasteiger partial charge in [0, 0.05) is 30.9 Å². The number of phenolic OH excluding ortho intramolecular Hbond substituents is 1. The van der Waals surface area contributed by atoms with E-state index in [0.29, 0.717) is 36.2 Å². The van der Waals surface area contributed by atoms with Gasteiger partial charge in [-0.2, -0.15) is 9.97 Å². The number of carbonyl (C=O) groups excluding carboxylic acids is 1. The largest absolute Gasteiger partial charge is 0.508 e. The molecule has 2 N–H and O–H groups in total. The first-order valence-corrected chi connectivity index (χ1v) is 16.2. The minimum Gasteiger partial charge on any atom is -0.508 e. The molecule has 3 fully saturated rings. The van der Waals surface area contributed by atoms with Gasteiger partial charge in [0.15, 0.2) is 5.82 Å². The number of halogens is 1. The van der Waals surface area contributed by atoms with E-state index in [1.54, 1.807) is 24.2 Å². The zero-order valence-corrected chi connectivity index (χ0v) is 26.8. The molecule has 2 saturated heterocycles. The summed E-state index contributed by atoms with van der Waals surface area (Å²) >= 11 is 0. The van der Waals surface area contributed by atoms with E-state index in [1.807, 2.05) is 45.0 Å². The maximum atomic E-state index is 16.6. The van der Waals surface area contributed by atoms with Crippen LogP contribution in [0.25, 0.3) is 32.9 Å². The van der Waals surface area contributed by atoms with Crippen LogP contribution in [-0.2, 0) is 4.74 Å². The number of amides is 1. The number of anilines is 1. The van der Waals surface area contributed by atoms with Crippen LogP contribution in [0.4, 0.5) is 15.0 Å². The van der Waals surface area contributed by atoms with Gasteiger partial charge in [0.1, 0.15) is 35.0 Å². The Morgan fingerprint density at radius 2 is 1.87 bits per heavy atom. The molecule has 0 atom stereocenters. The lowest BCUT2D eigenvalue weighted by Crippen LogP contribution is -2.51. The molecule has 2 aliphatic heterocycles. The van der Waals surface area contributed by atoms with Crippen molar-refractivity contribution in [1.82, 2.24) is 24.8 Å². The van der Waals surface area contributed by atoms with Crippen molar-refractivity contribution in [2.45, 2.75) is 82.5 Å². The number of ether oxygens (including phenoxy) is 2. The number of benzene rings is 2. The van der Waals surface area contributed by atoms with Crippen molar-refractivity contribution in [3.8, 4) is 23.0 Å². The van der Waals surface area contributed by atoms with E-state index in [0.717, 1.165) is 49.5 Å². The van der Waals surface area contributed by atoms with Crippen LogP contribution in [0.3, 0.4) is 0 Å². The number of hydrogen-bond donors (Lipinski definition) is 2. The van der Waals surface area contributed by atoms with Gasteiger partial charge in [-0.05, 0) is 95.3 Å². The van der Waals surface area contributed by atoms with E-state index in [4.69, 9.17) is 14.5 Å². The van der Waals surface area contributed by atoms with Crippen LogP contribution < -0.4 is 10.1 Å². The lowest BCUT2D eigenvalue weighted by atomic mass is 9.86. The summed E-state index contributed by atoms with van der Waals surface area (Å²) in [5.41, 5.74) is 0.0659. The summed E-state index contributed by atoms with van der Waals surface area (Å²) in [6.07, 6.45) is 6.98. The lowest BCUT2D eigenvalue weighted by molar-refractivity contribution is 0.0132. The average Bonchev–Trinajstić information content (AvgIpc) is 3.57.